The first-order chi connectivity index (χ1) is 15.1. The van der Waals surface area contributed by atoms with Crippen LogP contribution in [0.4, 0.5) is 0 Å². The van der Waals surface area contributed by atoms with Crippen molar-refractivity contribution < 1.29 is 9.59 Å². The van der Waals surface area contributed by atoms with Gasteiger partial charge in [-0.15, -0.1) is 0 Å². The molecular formula is C26H31N3O2. The second-order valence-electron chi connectivity index (χ2n) is 9.72. The van der Waals surface area contributed by atoms with E-state index in [1.807, 2.05) is 11.0 Å². The molecule has 1 saturated heterocycles. The first kappa shape index (κ1) is 20.2. The number of pyridine rings is 1. The molecule has 162 valence electrons. The molecular weight excluding hydrogens is 386 g/mol. The third kappa shape index (κ3) is 3.86. The monoisotopic (exact) mass is 417 g/mol. The van der Waals surface area contributed by atoms with Crippen LogP contribution in [0, 0.1) is 11.3 Å². The van der Waals surface area contributed by atoms with Gasteiger partial charge < -0.3 is 10.2 Å². The van der Waals surface area contributed by atoms with E-state index in [9.17, 15) is 9.59 Å². The zero-order valence-electron chi connectivity index (χ0n) is 18.1. The summed E-state index contributed by atoms with van der Waals surface area (Å²) in [5.41, 5.74) is 2.20. The van der Waals surface area contributed by atoms with Crippen molar-refractivity contribution >= 4 is 11.8 Å². The molecule has 3 fully saturated rings. The SMILES string of the molecule is O=C(NCC1(c2ccccc2)CCCC1)[C@@H]1CC12CCN(C(=O)c1cccnc1)CC2. The Morgan fingerprint density at radius 3 is 2.42 bits per heavy atom. The molecule has 5 rings (SSSR count). The highest BCUT2D eigenvalue weighted by Crippen LogP contribution is 2.59. The van der Waals surface area contributed by atoms with Crippen molar-refractivity contribution in [2.45, 2.75) is 50.4 Å². The van der Waals surface area contributed by atoms with Crippen molar-refractivity contribution in [3.63, 3.8) is 0 Å². The predicted octanol–water partition coefficient (Wildman–Crippen LogP) is 3.95. The highest BCUT2D eigenvalue weighted by Gasteiger charge is 2.58. The van der Waals surface area contributed by atoms with Gasteiger partial charge >= 0.3 is 0 Å². The van der Waals surface area contributed by atoms with Crippen LogP contribution >= 0.6 is 0 Å². The average molecular weight is 418 g/mol. The zero-order valence-corrected chi connectivity index (χ0v) is 18.1. The summed E-state index contributed by atoms with van der Waals surface area (Å²) in [6.07, 6.45) is 10.9. The van der Waals surface area contributed by atoms with Gasteiger partial charge in [-0.3, -0.25) is 14.6 Å². The standard InChI is InChI=1S/C26H31N3O2/c30-23(28-19-26(10-4-5-11-26)21-8-2-1-3-9-21)22-17-25(22)12-15-29(16-13-25)24(31)20-7-6-14-27-18-20/h1-3,6-9,14,18,22H,4-5,10-13,15-17,19H2,(H,28,30)/t22-/m0/s1. The Morgan fingerprint density at radius 1 is 1.00 bits per heavy atom. The van der Waals surface area contributed by atoms with Crippen LogP contribution < -0.4 is 5.32 Å². The number of benzene rings is 1. The average Bonchev–Trinajstić information content (AvgIpc) is 3.30. The van der Waals surface area contributed by atoms with E-state index < -0.39 is 0 Å². The summed E-state index contributed by atoms with van der Waals surface area (Å²) in [4.78, 5) is 31.7. The Kier molecular flexibility index (Phi) is 5.28. The summed E-state index contributed by atoms with van der Waals surface area (Å²) < 4.78 is 0. The summed E-state index contributed by atoms with van der Waals surface area (Å²) in [6, 6.07) is 14.3. The number of carbonyl (C=O) groups excluding carboxylic acids is 2. The second-order valence-corrected chi connectivity index (χ2v) is 9.72. The van der Waals surface area contributed by atoms with Gasteiger partial charge in [0.2, 0.25) is 5.91 Å². The molecule has 1 aliphatic heterocycles. The van der Waals surface area contributed by atoms with Crippen molar-refractivity contribution in [1.29, 1.82) is 0 Å². The summed E-state index contributed by atoms with van der Waals surface area (Å²) in [5.74, 6) is 0.377. The maximum absolute atomic E-state index is 13.0. The van der Waals surface area contributed by atoms with Gasteiger partial charge in [-0.1, -0.05) is 43.2 Å². The van der Waals surface area contributed by atoms with Crippen molar-refractivity contribution in [1.82, 2.24) is 15.2 Å². The molecule has 2 aliphatic carbocycles. The molecule has 5 heteroatoms. The zero-order chi connectivity index (χ0) is 21.3. The number of hydrogen-bond acceptors (Lipinski definition) is 3. The second kappa shape index (κ2) is 8.10. The fraction of sp³-hybridized carbons (Fsp3) is 0.500. The van der Waals surface area contributed by atoms with Gasteiger partial charge in [0.1, 0.15) is 0 Å². The smallest absolute Gasteiger partial charge is 0.255 e. The first-order valence-corrected chi connectivity index (χ1v) is 11.6. The van der Waals surface area contributed by atoms with Gasteiger partial charge in [0.15, 0.2) is 0 Å². The Labute approximate surface area is 184 Å². The molecule has 3 aliphatic rings. The number of rotatable bonds is 5. The fourth-order valence-corrected chi connectivity index (χ4v) is 5.89. The van der Waals surface area contributed by atoms with E-state index in [-0.39, 0.29) is 28.6 Å². The molecule has 2 amide bonds. The lowest BCUT2D eigenvalue weighted by molar-refractivity contribution is -0.123. The van der Waals surface area contributed by atoms with Crippen LogP contribution in [0.25, 0.3) is 0 Å². The minimum atomic E-state index is 0.0515. The summed E-state index contributed by atoms with van der Waals surface area (Å²) >= 11 is 0. The van der Waals surface area contributed by atoms with Crippen LogP contribution in [-0.2, 0) is 10.2 Å². The van der Waals surface area contributed by atoms with Crippen molar-refractivity contribution in [3.05, 3.63) is 66.0 Å². The number of hydrogen-bond donors (Lipinski definition) is 1. The summed E-state index contributed by atoms with van der Waals surface area (Å²) in [5, 5.41) is 3.33. The van der Waals surface area contributed by atoms with E-state index in [2.05, 4.69) is 40.6 Å². The fourth-order valence-electron chi connectivity index (χ4n) is 5.89. The van der Waals surface area contributed by atoms with E-state index in [1.54, 1.807) is 18.5 Å². The highest BCUT2D eigenvalue weighted by atomic mass is 16.2. The minimum Gasteiger partial charge on any atom is -0.355 e. The lowest BCUT2D eigenvalue weighted by Gasteiger charge is -2.33. The molecule has 1 aromatic carbocycles. The highest BCUT2D eigenvalue weighted by molar-refractivity contribution is 5.94. The van der Waals surface area contributed by atoms with Crippen molar-refractivity contribution in [2.75, 3.05) is 19.6 Å². The number of amides is 2. The van der Waals surface area contributed by atoms with Crippen molar-refractivity contribution in [2.24, 2.45) is 11.3 Å². The summed E-state index contributed by atoms with van der Waals surface area (Å²) in [6.45, 7) is 2.20. The number of aromatic nitrogens is 1. The molecule has 2 saturated carbocycles. The maximum atomic E-state index is 13.0. The van der Waals surface area contributed by atoms with E-state index in [0.29, 0.717) is 5.56 Å². The maximum Gasteiger partial charge on any atom is 0.255 e. The lowest BCUT2D eigenvalue weighted by atomic mass is 9.78. The van der Waals surface area contributed by atoms with Crippen molar-refractivity contribution in [3.8, 4) is 0 Å². The van der Waals surface area contributed by atoms with Crippen LogP contribution in [0.5, 0.6) is 0 Å². The molecule has 2 heterocycles. The largest absolute Gasteiger partial charge is 0.355 e. The van der Waals surface area contributed by atoms with E-state index in [0.717, 1.165) is 51.7 Å². The first-order valence-electron chi connectivity index (χ1n) is 11.6. The molecule has 0 bridgehead atoms. The van der Waals surface area contributed by atoms with E-state index >= 15 is 0 Å². The van der Waals surface area contributed by atoms with Gasteiger partial charge in [0, 0.05) is 43.4 Å². The minimum absolute atomic E-state index is 0.0515. The molecule has 1 atom stereocenters. The van der Waals surface area contributed by atoms with Gasteiger partial charge in [-0.2, -0.15) is 0 Å². The molecule has 5 nitrogen and oxygen atoms in total. The molecule has 1 spiro atoms. The molecule has 0 unspecified atom stereocenters. The van der Waals surface area contributed by atoms with Crippen LogP contribution in [0.2, 0.25) is 0 Å². The number of carbonyl (C=O) groups is 2. The Hall–Kier alpha value is -2.69. The number of likely N-dealkylation sites (tertiary alicyclic amines) is 1. The van der Waals surface area contributed by atoms with E-state index in [4.69, 9.17) is 0 Å². The third-order valence-corrected chi connectivity index (χ3v) is 8.01. The molecule has 1 aromatic heterocycles. The lowest BCUT2D eigenvalue weighted by Crippen LogP contribution is -2.42. The normalized spacial score (nSPS) is 23.5. The van der Waals surface area contributed by atoms with Gasteiger partial charge in [-0.25, -0.2) is 0 Å². The number of piperidine rings is 1. The Balaban J connectivity index is 1.16. The van der Waals surface area contributed by atoms with Crippen LogP contribution in [0.3, 0.4) is 0 Å². The predicted molar refractivity (Wildman–Crippen MR) is 120 cm³/mol. The van der Waals surface area contributed by atoms with Gasteiger partial charge in [0.25, 0.3) is 5.91 Å². The summed E-state index contributed by atoms with van der Waals surface area (Å²) in [7, 11) is 0. The van der Waals surface area contributed by atoms with Crippen LogP contribution in [-0.4, -0.2) is 41.3 Å². The molecule has 0 radical (unpaired) electrons. The third-order valence-electron chi connectivity index (χ3n) is 8.01. The topological polar surface area (TPSA) is 62.3 Å². The molecule has 31 heavy (non-hydrogen) atoms. The molecule has 2 aromatic rings. The Bertz CT molecular complexity index is 930. The number of nitrogens with zero attached hydrogens (tertiary/aromatic N) is 2. The van der Waals surface area contributed by atoms with Crippen LogP contribution in [0.15, 0.2) is 54.9 Å². The van der Waals surface area contributed by atoms with E-state index in [1.165, 1.54) is 18.4 Å². The number of nitrogens with one attached hydrogen (secondary N) is 1. The van der Waals surface area contributed by atoms with Crippen LogP contribution in [0.1, 0.15) is 60.9 Å². The quantitative estimate of drug-likeness (QED) is 0.801. The molecule has 1 N–H and O–H groups in total. The van der Waals surface area contributed by atoms with Gasteiger partial charge in [0.05, 0.1) is 5.56 Å². The Morgan fingerprint density at radius 2 is 1.74 bits per heavy atom. The van der Waals surface area contributed by atoms with Gasteiger partial charge in [-0.05, 0) is 55.2 Å².